The normalized spacial score (nSPS) is 11.3. The quantitative estimate of drug-likeness (QED) is 0.870. The molecule has 0 N–H and O–H groups in total. The summed E-state index contributed by atoms with van der Waals surface area (Å²) in [6, 6.07) is 12.7. The molecule has 22 heavy (non-hydrogen) atoms. The van der Waals surface area contributed by atoms with Crippen LogP contribution in [-0.4, -0.2) is 5.97 Å². The molecule has 2 aromatic rings. The third kappa shape index (κ3) is 3.88. The lowest BCUT2D eigenvalue weighted by Gasteiger charge is -2.23. The van der Waals surface area contributed by atoms with E-state index in [4.69, 9.17) is 4.74 Å². The molecule has 2 rings (SSSR count). The number of carboxylic acids is 1. The average molecular weight is 297 g/mol. The molecular formula is C19H21O3-. The van der Waals surface area contributed by atoms with Crippen molar-refractivity contribution < 1.29 is 14.6 Å². The molecule has 0 aliphatic carbocycles. The van der Waals surface area contributed by atoms with Crippen LogP contribution in [0.3, 0.4) is 0 Å². The molecule has 0 heterocycles. The van der Waals surface area contributed by atoms with Crippen molar-refractivity contribution in [3.63, 3.8) is 0 Å². The Morgan fingerprint density at radius 2 is 1.73 bits per heavy atom. The summed E-state index contributed by atoms with van der Waals surface area (Å²) in [6.07, 6.45) is 0. The standard InChI is InChI=1S/C19H22O3/c1-13-5-10-17(16(11-13)19(2,3)4)22-12-14-6-8-15(9-7-14)18(20)21/h5-11H,12H2,1-4H3,(H,20,21)/p-1. The van der Waals surface area contributed by atoms with Gasteiger partial charge in [-0.1, -0.05) is 62.7 Å². The van der Waals surface area contributed by atoms with E-state index in [9.17, 15) is 9.90 Å². The van der Waals surface area contributed by atoms with Gasteiger partial charge in [-0.15, -0.1) is 0 Å². The Labute approximate surface area is 131 Å². The van der Waals surface area contributed by atoms with Crippen molar-refractivity contribution in [1.82, 2.24) is 0 Å². The van der Waals surface area contributed by atoms with Crippen molar-refractivity contribution in [3.05, 3.63) is 64.7 Å². The topological polar surface area (TPSA) is 49.4 Å². The zero-order valence-electron chi connectivity index (χ0n) is 13.5. The van der Waals surface area contributed by atoms with Gasteiger partial charge in [0.25, 0.3) is 0 Å². The summed E-state index contributed by atoms with van der Waals surface area (Å²) in [6.45, 7) is 8.94. The van der Waals surface area contributed by atoms with Gasteiger partial charge in [-0.25, -0.2) is 0 Å². The maximum Gasteiger partial charge on any atom is 0.123 e. The summed E-state index contributed by atoms with van der Waals surface area (Å²) in [4.78, 5) is 10.7. The van der Waals surface area contributed by atoms with Gasteiger partial charge in [-0.3, -0.25) is 0 Å². The summed E-state index contributed by atoms with van der Waals surface area (Å²) in [5.41, 5.74) is 3.47. The second-order valence-corrected chi connectivity index (χ2v) is 6.52. The van der Waals surface area contributed by atoms with Crippen LogP contribution in [0, 0.1) is 6.92 Å². The molecule has 0 atom stereocenters. The zero-order valence-corrected chi connectivity index (χ0v) is 13.5. The summed E-state index contributed by atoms with van der Waals surface area (Å²) in [5, 5.41) is 10.7. The molecule has 0 aliphatic rings. The van der Waals surface area contributed by atoms with Crippen LogP contribution in [0.4, 0.5) is 0 Å². The summed E-state index contributed by atoms with van der Waals surface area (Å²) in [5.74, 6) is -0.303. The number of ether oxygens (including phenoxy) is 1. The van der Waals surface area contributed by atoms with E-state index in [1.54, 1.807) is 12.1 Å². The van der Waals surface area contributed by atoms with Crippen LogP contribution in [0.5, 0.6) is 5.75 Å². The number of carbonyl (C=O) groups excluding carboxylic acids is 1. The van der Waals surface area contributed by atoms with E-state index in [1.165, 1.54) is 23.3 Å². The second-order valence-electron chi connectivity index (χ2n) is 6.52. The molecule has 0 aromatic heterocycles. The monoisotopic (exact) mass is 297 g/mol. The van der Waals surface area contributed by atoms with Crippen molar-refractivity contribution in [2.45, 2.75) is 39.7 Å². The molecular weight excluding hydrogens is 276 g/mol. The minimum absolute atomic E-state index is 0.000186. The SMILES string of the molecule is Cc1ccc(OCc2ccc(C(=O)[O-])cc2)c(C(C)(C)C)c1. The first-order chi connectivity index (χ1) is 10.3. The van der Waals surface area contributed by atoms with Gasteiger partial charge in [0.2, 0.25) is 0 Å². The van der Waals surface area contributed by atoms with Gasteiger partial charge in [0, 0.05) is 0 Å². The van der Waals surface area contributed by atoms with E-state index >= 15 is 0 Å². The zero-order chi connectivity index (χ0) is 16.3. The van der Waals surface area contributed by atoms with E-state index in [1.807, 2.05) is 12.1 Å². The Bertz CT molecular complexity index is 664. The van der Waals surface area contributed by atoms with E-state index in [2.05, 4.69) is 33.8 Å². The molecule has 3 nitrogen and oxygen atoms in total. The Morgan fingerprint density at radius 1 is 1.09 bits per heavy atom. The third-order valence-electron chi connectivity index (χ3n) is 3.53. The lowest BCUT2D eigenvalue weighted by Crippen LogP contribution is -2.22. The highest BCUT2D eigenvalue weighted by Crippen LogP contribution is 2.32. The first kappa shape index (κ1) is 16.1. The largest absolute Gasteiger partial charge is 0.545 e. The average Bonchev–Trinajstić information content (AvgIpc) is 2.45. The number of benzene rings is 2. The first-order valence-electron chi connectivity index (χ1n) is 7.31. The Balaban J connectivity index is 2.16. The van der Waals surface area contributed by atoms with Crippen LogP contribution in [0.25, 0.3) is 0 Å². The predicted octanol–water partition coefficient (Wildman–Crippen LogP) is 3.24. The molecule has 0 unspecified atom stereocenters. The molecule has 2 aromatic carbocycles. The fraction of sp³-hybridized carbons (Fsp3) is 0.316. The van der Waals surface area contributed by atoms with E-state index < -0.39 is 5.97 Å². The maximum atomic E-state index is 10.7. The number of hydrogen-bond donors (Lipinski definition) is 0. The molecule has 116 valence electrons. The van der Waals surface area contributed by atoms with Crippen LogP contribution in [-0.2, 0) is 12.0 Å². The highest BCUT2D eigenvalue weighted by molar-refractivity contribution is 5.85. The fourth-order valence-electron chi connectivity index (χ4n) is 2.25. The number of carbonyl (C=O) groups is 1. The molecule has 0 saturated heterocycles. The van der Waals surface area contributed by atoms with Crippen molar-refractivity contribution in [2.24, 2.45) is 0 Å². The van der Waals surface area contributed by atoms with Crippen molar-refractivity contribution in [1.29, 1.82) is 0 Å². The van der Waals surface area contributed by atoms with Crippen molar-refractivity contribution in [2.75, 3.05) is 0 Å². The van der Waals surface area contributed by atoms with Crippen LogP contribution in [0.2, 0.25) is 0 Å². The van der Waals surface area contributed by atoms with E-state index in [0.29, 0.717) is 6.61 Å². The van der Waals surface area contributed by atoms with Crippen LogP contribution >= 0.6 is 0 Å². The lowest BCUT2D eigenvalue weighted by atomic mass is 9.85. The number of rotatable bonds is 4. The van der Waals surface area contributed by atoms with Gasteiger partial charge in [-0.2, -0.15) is 0 Å². The Kier molecular flexibility index (Phi) is 4.55. The first-order valence-corrected chi connectivity index (χ1v) is 7.31. The lowest BCUT2D eigenvalue weighted by molar-refractivity contribution is -0.255. The van der Waals surface area contributed by atoms with E-state index in [-0.39, 0.29) is 11.0 Å². The third-order valence-corrected chi connectivity index (χ3v) is 3.53. The Morgan fingerprint density at radius 3 is 2.27 bits per heavy atom. The molecule has 0 bridgehead atoms. The van der Waals surface area contributed by atoms with Gasteiger partial charge in [0.1, 0.15) is 12.4 Å². The predicted molar refractivity (Wildman–Crippen MR) is 85.0 cm³/mol. The van der Waals surface area contributed by atoms with Gasteiger partial charge >= 0.3 is 0 Å². The highest BCUT2D eigenvalue weighted by Gasteiger charge is 2.19. The van der Waals surface area contributed by atoms with Crippen LogP contribution in [0.1, 0.15) is 47.8 Å². The highest BCUT2D eigenvalue weighted by atomic mass is 16.5. The smallest absolute Gasteiger partial charge is 0.123 e. The molecule has 0 radical (unpaired) electrons. The minimum atomic E-state index is -1.17. The minimum Gasteiger partial charge on any atom is -0.545 e. The number of carboxylic acid groups (broad SMARTS) is 1. The summed E-state index contributed by atoms with van der Waals surface area (Å²) in [7, 11) is 0. The van der Waals surface area contributed by atoms with Crippen molar-refractivity contribution >= 4 is 5.97 Å². The summed E-state index contributed by atoms with van der Waals surface area (Å²) < 4.78 is 5.94. The summed E-state index contributed by atoms with van der Waals surface area (Å²) >= 11 is 0. The molecule has 0 saturated carbocycles. The molecule has 0 amide bonds. The van der Waals surface area contributed by atoms with Crippen molar-refractivity contribution in [3.8, 4) is 5.75 Å². The second kappa shape index (κ2) is 6.22. The Hall–Kier alpha value is -2.29. The molecule has 0 aliphatic heterocycles. The van der Waals surface area contributed by atoms with E-state index in [0.717, 1.165) is 11.3 Å². The van der Waals surface area contributed by atoms with Gasteiger partial charge in [0.15, 0.2) is 0 Å². The number of hydrogen-bond acceptors (Lipinski definition) is 3. The molecule has 3 heteroatoms. The number of aromatic carboxylic acids is 1. The fourth-order valence-corrected chi connectivity index (χ4v) is 2.25. The maximum absolute atomic E-state index is 10.7. The van der Waals surface area contributed by atoms with Gasteiger partial charge in [0.05, 0.1) is 5.97 Å². The molecule has 0 fully saturated rings. The van der Waals surface area contributed by atoms with Gasteiger partial charge < -0.3 is 14.6 Å². The molecule has 0 spiro atoms. The van der Waals surface area contributed by atoms with Crippen LogP contribution < -0.4 is 9.84 Å². The van der Waals surface area contributed by atoms with Crippen LogP contribution in [0.15, 0.2) is 42.5 Å². The number of aryl methyl sites for hydroxylation is 1. The van der Waals surface area contributed by atoms with Gasteiger partial charge in [-0.05, 0) is 35.1 Å².